The Bertz CT molecular complexity index is 384. The summed E-state index contributed by atoms with van der Waals surface area (Å²) in [5.74, 6) is 0.848. The van der Waals surface area contributed by atoms with E-state index in [9.17, 15) is 0 Å². The monoisotopic (exact) mass is 299 g/mol. The molecular formula is C13H18BrNO2. The quantitative estimate of drug-likeness (QED) is 0.924. The molecule has 2 atom stereocenters. The third-order valence-corrected chi connectivity index (χ3v) is 3.63. The number of halogens is 1. The van der Waals surface area contributed by atoms with Crippen LogP contribution in [0.25, 0.3) is 0 Å². The van der Waals surface area contributed by atoms with Gasteiger partial charge < -0.3 is 14.8 Å². The van der Waals surface area contributed by atoms with E-state index in [-0.39, 0.29) is 0 Å². The van der Waals surface area contributed by atoms with E-state index >= 15 is 0 Å². The van der Waals surface area contributed by atoms with Gasteiger partial charge in [-0.15, -0.1) is 0 Å². The predicted octanol–water partition coefficient (Wildman–Crippen LogP) is 3.44. The summed E-state index contributed by atoms with van der Waals surface area (Å²) in [5, 5.41) is 3.39. The fraction of sp³-hybridized carbons (Fsp3) is 0.538. The molecule has 1 fully saturated rings. The van der Waals surface area contributed by atoms with Crippen LogP contribution < -0.4 is 10.1 Å². The summed E-state index contributed by atoms with van der Waals surface area (Å²) in [6.07, 6.45) is 3.06. The van der Waals surface area contributed by atoms with Crippen molar-refractivity contribution in [2.24, 2.45) is 0 Å². The minimum Gasteiger partial charge on any atom is -0.496 e. The second-order valence-corrected chi connectivity index (χ2v) is 5.23. The van der Waals surface area contributed by atoms with Crippen molar-refractivity contribution in [1.29, 1.82) is 0 Å². The molecule has 4 heteroatoms. The van der Waals surface area contributed by atoms with E-state index in [1.807, 2.05) is 18.2 Å². The average molecular weight is 300 g/mol. The molecule has 1 N–H and O–H groups in total. The van der Waals surface area contributed by atoms with Gasteiger partial charge in [-0.2, -0.15) is 0 Å². The Balaban J connectivity index is 1.88. The van der Waals surface area contributed by atoms with Gasteiger partial charge in [0.25, 0.3) is 0 Å². The average Bonchev–Trinajstić information content (AvgIpc) is 2.73. The number of nitrogens with one attached hydrogen (secondary N) is 1. The molecule has 2 rings (SSSR count). The maximum absolute atomic E-state index is 5.76. The summed E-state index contributed by atoms with van der Waals surface area (Å²) in [6, 6.07) is 5.99. The second-order valence-electron chi connectivity index (χ2n) is 4.38. The highest BCUT2D eigenvalue weighted by molar-refractivity contribution is 9.10. The van der Waals surface area contributed by atoms with Crippen LogP contribution in [0.4, 0.5) is 5.69 Å². The number of ether oxygens (including phenoxy) is 2. The summed E-state index contributed by atoms with van der Waals surface area (Å²) in [7, 11) is 1.67. The molecule has 2 unspecified atom stereocenters. The molecule has 0 amide bonds. The summed E-state index contributed by atoms with van der Waals surface area (Å²) in [5.41, 5.74) is 1.08. The number of rotatable bonds is 4. The Hall–Kier alpha value is -0.740. The van der Waals surface area contributed by atoms with E-state index in [0.29, 0.717) is 12.2 Å². The van der Waals surface area contributed by atoms with Gasteiger partial charge in [-0.1, -0.05) is 0 Å². The van der Waals surface area contributed by atoms with E-state index in [1.54, 1.807) is 7.11 Å². The van der Waals surface area contributed by atoms with Gasteiger partial charge in [0.15, 0.2) is 0 Å². The van der Waals surface area contributed by atoms with E-state index < -0.39 is 0 Å². The molecule has 94 valence electrons. The van der Waals surface area contributed by atoms with Gasteiger partial charge in [-0.05, 0) is 53.9 Å². The van der Waals surface area contributed by atoms with Gasteiger partial charge in [0, 0.05) is 12.2 Å². The SMILES string of the molecule is COc1ccc(NCC2CCC(C)O2)cc1Br. The molecule has 0 aliphatic carbocycles. The van der Waals surface area contributed by atoms with Crippen LogP contribution in [0.3, 0.4) is 0 Å². The molecule has 1 heterocycles. The highest BCUT2D eigenvalue weighted by Crippen LogP contribution is 2.28. The Kier molecular flexibility index (Phi) is 4.29. The van der Waals surface area contributed by atoms with Gasteiger partial charge in [0.1, 0.15) is 5.75 Å². The Morgan fingerprint density at radius 1 is 1.47 bits per heavy atom. The number of hydrogen-bond acceptors (Lipinski definition) is 3. The number of methoxy groups -OCH3 is 1. The zero-order valence-corrected chi connectivity index (χ0v) is 11.8. The molecule has 0 bridgehead atoms. The molecule has 1 aliphatic heterocycles. The Morgan fingerprint density at radius 3 is 2.88 bits per heavy atom. The van der Waals surface area contributed by atoms with Crippen molar-refractivity contribution in [3.63, 3.8) is 0 Å². The van der Waals surface area contributed by atoms with Crippen LogP contribution in [0.2, 0.25) is 0 Å². The van der Waals surface area contributed by atoms with Gasteiger partial charge >= 0.3 is 0 Å². The van der Waals surface area contributed by atoms with Gasteiger partial charge in [0.05, 0.1) is 23.8 Å². The fourth-order valence-electron chi connectivity index (χ4n) is 2.04. The molecule has 17 heavy (non-hydrogen) atoms. The van der Waals surface area contributed by atoms with E-state index in [2.05, 4.69) is 28.2 Å². The summed E-state index contributed by atoms with van der Waals surface area (Å²) in [6.45, 7) is 2.99. The number of anilines is 1. The molecule has 1 aromatic carbocycles. The Morgan fingerprint density at radius 2 is 2.29 bits per heavy atom. The molecule has 1 saturated heterocycles. The van der Waals surface area contributed by atoms with E-state index in [0.717, 1.165) is 28.9 Å². The van der Waals surface area contributed by atoms with Crippen LogP contribution in [0.1, 0.15) is 19.8 Å². The third-order valence-electron chi connectivity index (χ3n) is 3.01. The van der Waals surface area contributed by atoms with Crippen LogP contribution in [-0.2, 0) is 4.74 Å². The van der Waals surface area contributed by atoms with E-state index in [1.165, 1.54) is 6.42 Å². The molecule has 1 aliphatic rings. The van der Waals surface area contributed by atoms with Crippen LogP contribution in [-0.4, -0.2) is 25.9 Å². The molecule has 0 spiro atoms. The first-order valence-corrected chi connectivity index (χ1v) is 6.71. The van der Waals surface area contributed by atoms with E-state index in [4.69, 9.17) is 9.47 Å². The van der Waals surface area contributed by atoms with Crippen LogP contribution >= 0.6 is 15.9 Å². The topological polar surface area (TPSA) is 30.5 Å². The maximum Gasteiger partial charge on any atom is 0.133 e. The molecule has 1 aromatic rings. The fourth-order valence-corrected chi connectivity index (χ4v) is 2.58. The van der Waals surface area contributed by atoms with Gasteiger partial charge in [-0.25, -0.2) is 0 Å². The predicted molar refractivity (Wildman–Crippen MR) is 72.8 cm³/mol. The summed E-state index contributed by atoms with van der Waals surface area (Å²) in [4.78, 5) is 0. The second kappa shape index (κ2) is 5.74. The molecule has 0 radical (unpaired) electrons. The first kappa shape index (κ1) is 12.7. The lowest BCUT2D eigenvalue weighted by Gasteiger charge is -2.14. The van der Waals surface area contributed by atoms with Crippen molar-refractivity contribution < 1.29 is 9.47 Å². The van der Waals surface area contributed by atoms with Gasteiger partial charge in [0.2, 0.25) is 0 Å². The first-order valence-electron chi connectivity index (χ1n) is 5.92. The molecule has 0 aromatic heterocycles. The van der Waals surface area contributed by atoms with Crippen molar-refractivity contribution in [2.75, 3.05) is 19.0 Å². The van der Waals surface area contributed by atoms with Gasteiger partial charge in [-0.3, -0.25) is 0 Å². The number of benzene rings is 1. The molecule has 3 nitrogen and oxygen atoms in total. The summed E-state index contributed by atoms with van der Waals surface area (Å²) < 4.78 is 11.9. The largest absolute Gasteiger partial charge is 0.496 e. The van der Waals surface area contributed by atoms with Crippen LogP contribution in [0, 0.1) is 0 Å². The normalized spacial score (nSPS) is 23.7. The highest BCUT2D eigenvalue weighted by Gasteiger charge is 2.21. The third kappa shape index (κ3) is 3.36. The van der Waals surface area contributed by atoms with Crippen molar-refractivity contribution in [2.45, 2.75) is 32.0 Å². The minimum absolute atomic E-state index is 0.339. The first-order chi connectivity index (χ1) is 8.19. The maximum atomic E-state index is 5.76. The smallest absolute Gasteiger partial charge is 0.133 e. The zero-order valence-electron chi connectivity index (χ0n) is 10.2. The number of hydrogen-bond donors (Lipinski definition) is 1. The minimum atomic E-state index is 0.339. The van der Waals surface area contributed by atoms with Crippen molar-refractivity contribution >= 4 is 21.6 Å². The summed E-state index contributed by atoms with van der Waals surface area (Å²) >= 11 is 3.47. The van der Waals surface area contributed by atoms with Crippen molar-refractivity contribution in [3.05, 3.63) is 22.7 Å². The van der Waals surface area contributed by atoms with Crippen LogP contribution in [0.5, 0.6) is 5.75 Å². The molecular weight excluding hydrogens is 282 g/mol. The zero-order chi connectivity index (χ0) is 12.3. The van der Waals surface area contributed by atoms with Crippen molar-refractivity contribution in [3.8, 4) is 5.75 Å². The lowest BCUT2D eigenvalue weighted by molar-refractivity contribution is 0.0637. The Labute approximate surface area is 111 Å². The van der Waals surface area contributed by atoms with Crippen LogP contribution in [0.15, 0.2) is 22.7 Å². The standard InChI is InChI=1S/C13H18BrNO2/c1-9-3-5-11(17-9)8-15-10-4-6-13(16-2)12(14)7-10/h4,6-7,9,11,15H,3,5,8H2,1-2H3. The highest BCUT2D eigenvalue weighted by atomic mass is 79.9. The van der Waals surface area contributed by atoms with Crippen molar-refractivity contribution in [1.82, 2.24) is 0 Å². The lowest BCUT2D eigenvalue weighted by Crippen LogP contribution is -2.19. The molecule has 0 saturated carbocycles. The lowest BCUT2D eigenvalue weighted by atomic mass is 10.2.